The Morgan fingerprint density at radius 1 is 1.24 bits per heavy atom. The summed E-state index contributed by atoms with van der Waals surface area (Å²) in [6.07, 6.45) is 3.22. The lowest BCUT2D eigenvalue weighted by Crippen LogP contribution is -2.52. The van der Waals surface area contributed by atoms with Crippen molar-refractivity contribution in [3.63, 3.8) is 0 Å². The monoisotopic (exact) mass is 258 g/mol. The van der Waals surface area contributed by atoms with E-state index in [0.29, 0.717) is 5.75 Å². The number of carbonyl (C=O) groups is 2. The van der Waals surface area contributed by atoms with Gasteiger partial charge in [-0.05, 0) is 26.2 Å². The van der Waals surface area contributed by atoms with Crippen LogP contribution in [0.4, 0.5) is 4.79 Å². The minimum absolute atomic E-state index is 0.0365. The maximum absolute atomic E-state index is 12.3. The Kier molecular flexibility index (Phi) is 3.81. The van der Waals surface area contributed by atoms with Crippen LogP contribution in [0, 0.1) is 0 Å². The molecule has 0 saturated carbocycles. The maximum Gasteiger partial charge on any atom is 0.327 e. The number of carbonyl (C=O) groups excluding carboxylic acids is 1. The Balaban J connectivity index is 2.07. The molecular weight excluding hydrogens is 240 g/mol. The zero-order chi connectivity index (χ0) is 12.4. The average molecular weight is 258 g/mol. The van der Waals surface area contributed by atoms with Gasteiger partial charge in [0.2, 0.25) is 0 Å². The topological polar surface area (TPSA) is 60.9 Å². The Labute approximate surface area is 105 Å². The van der Waals surface area contributed by atoms with Crippen molar-refractivity contribution in [2.45, 2.75) is 37.6 Å². The van der Waals surface area contributed by atoms with E-state index in [-0.39, 0.29) is 11.4 Å². The third-order valence-corrected chi connectivity index (χ3v) is 4.57. The SMILES string of the molecule is CC1SCC(C(=O)O)N1C(=O)N1CCCCC1. The molecule has 17 heavy (non-hydrogen) atoms. The highest BCUT2D eigenvalue weighted by atomic mass is 32.2. The van der Waals surface area contributed by atoms with E-state index >= 15 is 0 Å². The molecule has 6 heteroatoms. The predicted octanol–water partition coefficient (Wildman–Crippen LogP) is 1.44. The van der Waals surface area contributed by atoms with Crippen molar-refractivity contribution in [3.05, 3.63) is 0 Å². The second kappa shape index (κ2) is 5.16. The zero-order valence-corrected chi connectivity index (χ0v) is 10.8. The number of carboxylic acids is 1. The lowest BCUT2D eigenvalue weighted by molar-refractivity contribution is -0.141. The van der Waals surface area contributed by atoms with Crippen molar-refractivity contribution in [2.24, 2.45) is 0 Å². The Morgan fingerprint density at radius 3 is 2.47 bits per heavy atom. The van der Waals surface area contributed by atoms with Crippen LogP contribution in [0.25, 0.3) is 0 Å². The van der Waals surface area contributed by atoms with Crippen molar-refractivity contribution in [2.75, 3.05) is 18.8 Å². The van der Waals surface area contributed by atoms with Crippen LogP contribution in [0.3, 0.4) is 0 Å². The normalized spacial score (nSPS) is 29.5. The first-order chi connectivity index (χ1) is 8.11. The molecule has 2 heterocycles. The van der Waals surface area contributed by atoms with Gasteiger partial charge < -0.3 is 10.0 Å². The lowest BCUT2D eigenvalue weighted by atomic mass is 10.1. The van der Waals surface area contributed by atoms with Crippen LogP contribution in [0.2, 0.25) is 0 Å². The van der Waals surface area contributed by atoms with Gasteiger partial charge in [0.15, 0.2) is 0 Å². The summed E-state index contributed by atoms with van der Waals surface area (Å²) in [7, 11) is 0. The van der Waals surface area contributed by atoms with Gasteiger partial charge in [-0.1, -0.05) is 0 Å². The number of piperidine rings is 1. The van der Waals surface area contributed by atoms with E-state index in [0.717, 1.165) is 32.4 Å². The fourth-order valence-corrected chi connectivity index (χ4v) is 3.53. The molecule has 2 unspecified atom stereocenters. The molecule has 0 bridgehead atoms. The second-order valence-corrected chi connectivity index (χ2v) is 5.87. The minimum Gasteiger partial charge on any atom is -0.480 e. The van der Waals surface area contributed by atoms with Gasteiger partial charge in [0, 0.05) is 18.8 Å². The number of hydrogen-bond acceptors (Lipinski definition) is 3. The summed E-state index contributed by atoms with van der Waals surface area (Å²) in [4.78, 5) is 26.7. The van der Waals surface area contributed by atoms with Crippen LogP contribution in [-0.2, 0) is 4.79 Å². The largest absolute Gasteiger partial charge is 0.480 e. The first-order valence-electron chi connectivity index (χ1n) is 6.03. The standard InChI is InChI=1S/C11H18N2O3S/c1-8-13(9(7-17-8)10(14)15)11(16)12-5-3-2-4-6-12/h8-9H,2-7H2,1H3,(H,14,15). The van der Waals surface area contributed by atoms with E-state index in [2.05, 4.69) is 0 Å². The van der Waals surface area contributed by atoms with Gasteiger partial charge >= 0.3 is 12.0 Å². The summed E-state index contributed by atoms with van der Waals surface area (Å²) in [5.74, 6) is -0.400. The fraction of sp³-hybridized carbons (Fsp3) is 0.818. The van der Waals surface area contributed by atoms with Crippen molar-refractivity contribution in [1.82, 2.24) is 9.80 Å². The number of rotatable bonds is 1. The van der Waals surface area contributed by atoms with Crippen LogP contribution in [0.15, 0.2) is 0 Å². The first-order valence-corrected chi connectivity index (χ1v) is 7.08. The quantitative estimate of drug-likeness (QED) is 0.773. The highest BCUT2D eigenvalue weighted by Crippen LogP contribution is 2.30. The van der Waals surface area contributed by atoms with Crippen molar-refractivity contribution in [1.29, 1.82) is 0 Å². The number of nitrogens with zero attached hydrogens (tertiary/aromatic N) is 2. The van der Waals surface area contributed by atoms with E-state index in [1.54, 1.807) is 4.90 Å². The Hall–Kier alpha value is -0.910. The predicted molar refractivity (Wildman–Crippen MR) is 66.0 cm³/mol. The summed E-state index contributed by atoms with van der Waals surface area (Å²) >= 11 is 1.53. The summed E-state index contributed by atoms with van der Waals surface area (Å²) in [5.41, 5.74) is 0. The number of aliphatic carboxylic acids is 1. The van der Waals surface area contributed by atoms with Gasteiger partial charge in [-0.3, -0.25) is 4.90 Å². The van der Waals surface area contributed by atoms with Crippen molar-refractivity contribution >= 4 is 23.8 Å². The van der Waals surface area contributed by atoms with Crippen LogP contribution in [0.1, 0.15) is 26.2 Å². The van der Waals surface area contributed by atoms with E-state index < -0.39 is 12.0 Å². The number of carboxylic acid groups (broad SMARTS) is 1. The van der Waals surface area contributed by atoms with Gasteiger partial charge in [-0.2, -0.15) is 0 Å². The molecule has 0 aliphatic carbocycles. The molecule has 2 amide bonds. The molecule has 2 atom stereocenters. The molecule has 0 aromatic rings. The smallest absolute Gasteiger partial charge is 0.327 e. The number of amides is 2. The van der Waals surface area contributed by atoms with Gasteiger partial charge in [-0.15, -0.1) is 11.8 Å². The first kappa shape index (κ1) is 12.5. The number of urea groups is 1. The molecule has 0 radical (unpaired) electrons. The molecule has 2 aliphatic rings. The number of likely N-dealkylation sites (tertiary alicyclic amines) is 1. The maximum atomic E-state index is 12.3. The summed E-state index contributed by atoms with van der Waals surface area (Å²) in [6, 6.07) is -0.765. The van der Waals surface area contributed by atoms with Crippen LogP contribution in [-0.4, -0.2) is 57.2 Å². The average Bonchev–Trinajstić information content (AvgIpc) is 2.71. The molecule has 0 aromatic carbocycles. The van der Waals surface area contributed by atoms with E-state index in [9.17, 15) is 9.59 Å². The van der Waals surface area contributed by atoms with Gasteiger partial charge in [-0.25, -0.2) is 9.59 Å². The summed E-state index contributed by atoms with van der Waals surface area (Å²) < 4.78 is 0. The van der Waals surface area contributed by atoms with E-state index in [1.165, 1.54) is 16.7 Å². The van der Waals surface area contributed by atoms with Gasteiger partial charge in [0.05, 0.1) is 5.37 Å². The van der Waals surface area contributed by atoms with Crippen molar-refractivity contribution < 1.29 is 14.7 Å². The molecule has 5 nitrogen and oxygen atoms in total. The highest BCUT2D eigenvalue weighted by molar-refractivity contribution is 8.00. The van der Waals surface area contributed by atoms with Gasteiger partial charge in [0.25, 0.3) is 0 Å². The molecule has 0 aromatic heterocycles. The third-order valence-electron chi connectivity index (χ3n) is 3.36. The second-order valence-electron chi connectivity index (χ2n) is 4.52. The molecule has 1 N–H and O–H groups in total. The Morgan fingerprint density at radius 2 is 1.88 bits per heavy atom. The molecule has 2 fully saturated rings. The lowest BCUT2D eigenvalue weighted by Gasteiger charge is -2.34. The van der Waals surface area contributed by atoms with Crippen LogP contribution >= 0.6 is 11.8 Å². The molecule has 2 rings (SSSR count). The third kappa shape index (κ3) is 2.51. The molecule has 2 aliphatic heterocycles. The number of hydrogen-bond donors (Lipinski definition) is 1. The van der Waals surface area contributed by atoms with Crippen LogP contribution in [0.5, 0.6) is 0 Å². The Bertz CT molecular complexity index is 318. The van der Waals surface area contributed by atoms with E-state index in [4.69, 9.17) is 5.11 Å². The summed E-state index contributed by atoms with van der Waals surface area (Å²) in [5, 5.41) is 9.09. The van der Waals surface area contributed by atoms with Gasteiger partial charge in [0.1, 0.15) is 6.04 Å². The van der Waals surface area contributed by atoms with Crippen LogP contribution < -0.4 is 0 Å². The minimum atomic E-state index is -0.896. The zero-order valence-electron chi connectivity index (χ0n) is 9.96. The number of thioether (sulfide) groups is 1. The fourth-order valence-electron chi connectivity index (χ4n) is 2.37. The summed E-state index contributed by atoms with van der Waals surface area (Å²) in [6.45, 7) is 3.42. The highest BCUT2D eigenvalue weighted by Gasteiger charge is 2.41. The molecular formula is C11H18N2O3S. The molecule has 0 spiro atoms. The molecule has 96 valence electrons. The van der Waals surface area contributed by atoms with E-state index in [1.807, 2.05) is 6.92 Å². The van der Waals surface area contributed by atoms with Crippen molar-refractivity contribution in [3.8, 4) is 0 Å². The molecule has 2 saturated heterocycles.